The molecule has 28 heavy (non-hydrogen) atoms. The van der Waals surface area contributed by atoms with Gasteiger partial charge in [-0.15, -0.1) is 0 Å². The molecule has 0 spiro atoms. The lowest BCUT2D eigenvalue weighted by Gasteiger charge is -2.29. The number of aromatic nitrogens is 1. The Kier molecular flexibility index (Phi) is 7.30. The number of carbonyl (C=O) groups excluding carboxylic acids is 2. The maximum absolute atomic E-state index is 12.8. The predicted molar refractivity (Wildman–Crippen MR) is 108 cm³/mol. The first-order chi connectivity index (χ1) is 13.6. The molecule has 1 fully saturated rings. The van der Waals surface area contributed by atoms with Crippen LogP contribution in [0.15, 0.2) is 47.6 Å². The van der Waals surface area contributed by atoms with Crippen molar-refractivity contribution in [1.82, 2.24) is 9.88 Å². The third-order valence-electron chi connectivity index (χ3n) is 4.25. The maximum Gasteiger partial charge on any atom is 0.346 e. The number of nitrogens with zero attached hydrogens (tertiary/aromatic N) is 2. The summed E-state index contributed by atoms with van der Waals surface area (Å²) in [5.74, 6) is -0.241. The van der Waals surface area contributed by atoms with Gasteiger partial charge in [-0.2, -0.15) is 0 Å². The summed E-state index contributed by atoms with van der Waals surface area (Å²) in [4.78, 5) is 31.6. The van der Waals surface area contributed by atoms with Crippen molar-refractivity contribution in [3.05, 3.63) is 53.2 Å². The van der Waals surface area contributed by atoms with Crippen molar-refractivity contribution in [3.63, 3.8) is 0 Å². The number of hydrogen-bond acceptors (Lipinski definition) is 6. The SMILES string of the molecule is CC[C@@H](Sc1ncccc1C(=O)Oc1ccccc1Cl)C(=O)N1CCOCC1. The van der Waals surface area contributed by atoms with E-state index in [0.717, 1.165) is 0 Å². The second-order valence-corrected chi connectivity index (χ2v) is 7.73. The van der Waals surface area contributed by atoms with Gasteiger partial charge >= 0.3 is 5.97 Å². The van der Waals surface area contributed by atoms with Crippen LogP contribution in [0.4, 0.5) is 0 Å². The molecule has 3 rings (SSSR count). The van der Waals surface area contributed by atoms with E-state index in [0.29, 0.717) is 48.3 Å². The van der Waals surface area contributed by atoms with Crippen LogP contribution in [0.2, 0.25) is 5.02 Å². The number of para-hydroxylation sites is 1. The van der Waals surface area contributed by atoms with Gasteiger partial charge in [-0.05, 0) is 30.7 Å². The Morgan fingerprint density at radius 2 is 2.00 bits per heavy atom. The lowest BCUT2D eigenvalue weighted by Crippen LogP contribution is -2.44. The first-order valence-corrected chi connectivity index (χ1v) is 10.3. The molecule has 1 saturated heterocycles. The largest absolute Gasteiger partial charge is 0.421 e. The van der Waals surface area contributed by atoms with E-state index in [-0.39, 0.29) is 16.9 Å². The number of thioether (sulfide) groups is 1. The highest BCUT2D eigenvalue weighted by molar-refractivity contribution is 8.00. The molecule has 0 bridgehead atoms. The lowest BCUT2D eigenvalue weighted by molar-refractivity contribution is -0.134. The van der Waals surface area contributed by atoms with Crippen molar-refractivity contribution in [2.45, 2.75) is 23.6 Å². The van der Waals surface area contributed by atoms with Gasteiger partial charge in [0.25, 0.3) is 0 Å². The molecule has 148 valence electrons. The topological polar surface area (TPSA) is 68.7 Å². The number of ether oxygens (including phenoxy) is 2. The standard InChI is InChI=1S/C20H21ClN2O4S/c1-2-17(19(24)23-10-12-26-13-11-23)28-18-14(6-5-9-22-18)20(25)27-16-8-4-3-7-15(16)21/h3-9,17H,2,10-13H2,1H3/t17-/m1/s1. The third kappa shape index (κ3) is 5.04. The van der Waals surface area contributed by atoms with Crippen LogP contribution in [-0.4, -0.2) is 53.3 Å². The molecule has 0 unspecified atom stereocenters. The average molecular weight is 421 g/mol. The summed E-state index contributed by atoms with van der Waals surface area (Å²) in [6.07, 6.45) is 2.22. The Morgan fingerprint density at radius 3 is 2.71 bits per heavy atom. The molecular formula is C20H21ClN2O4S. The van der Waals surface area contributed by atoms with E-state index in [1.807, 2.05) is 6.92 Å². The van der Waals surface area contributed by atoms with Crippen LogP contribution >= 0.6 is 23.4 Å². The monoisotopic (exact) mass is 420 g/mol. The van der Waals surface area contributed by atoms with E-state index in [9.17, 15) is 9.59 Å². The van der Waals surface area contributed by atoms with Gasteiger partial charge in [0, 0.05) is 19.3 Å². The van der Waals surface area contributed by atoms with E-state index in [1.165, 1.54) is 11.8 Å². The average Bonchev–Trinajstić information content (AvgIpc) is 2.74. The third-order valence-corrected chi connectivity index (χ3v) is 5.93. The fourth-order valence-corrected chi connectivity index (χ4v) is 4.01. The van der Waals surface area contributed by atoms with Crippen LogP contribution in [-0.2, 0) is 9.53 Å². The smallest absolute Gasteiger partial charge is 0.346 e. The fraction of sp³-hybridized carbons (Fsp3) is 0.350. The minimum absolute atomic E-state index is 0.0341. The van der Waals surface area contributed by atoms with Crippen LogP contribution in [0.25, 0.3) is 0 Å². The minimum Gasteiger partial charge on any atom is -0.421 e. The molecule has 2 heterocycles. The van der Waals surface area contributed by atoms with Gasteiger partial charge in [-0.1, -0.05) is 42.4 Å². The fourth-order valence-electron chi connectivity index (χ4n) is 2.75. The number of hydrogen-bond donors (Lipinski definition) is 0. The Balaban J connectivity index is 1.76. The Labute approximate surface area is 173 Å². The van der Waals surface area contributed by atoms with Crippen LogP contribution in [0.1, 0.15) is 23.7 Å². The molecule has 0 saturated carbocycles. The van der Waals surface area contributed by atoms with E-state index in [2.05, 4.69) is 4.98 Å². The number of carbonyl (C=O) groups is 2. The minimum atomic E-state index is -0.558. The van der Waals surface area contributed by atoms with Crippen LogP contribution < -0.4 is 4.74 Å². The number of benzene rings is 1. The van der Waals surface area contributed by atoms with Crippen molar-refractivity contribution in [3.8, 4) is 5.75 Å². The van der Waals surface area contributed by atoms with Gasteiger partial charge in [0.1, 0.15) is 10.8 Å². The Bertz CT molecular complexity index is 842. The molecule has 1 aliphatic heterocycles. The quantitative estimate of drug-likeness (QED) is 0.403. The van der Waals surface area contributed by atoms with Crippen molar-refractivity contribution in [1.29, 1.82) is 0 Å². The number of rotatable bonds is 6. The Morgan fingerprint density at radius 1 is 1.25 bits per heavy atom. The summed E-state index contributed by atoms with van der Waals surface area (Å²) in [7, 11) is 0. The van der Waals surface area contributed by atoms with Crippen molar-refractivity contribution >= 4 is 35.2 Å². The molecule has 2 aromatic rings. The van der Waals surface area contributed by atoms with Gasteiger partial charge < -0.3 is 14.4 Å². The van der Waals surface area contributed by atoms with Crippen LogP contribution in [0, 0.1) is 0 Å². The molecule has 0 aliphatic carbocycles. The highest BCUT2D eigenvalue weighted by Crippen LogP contribution is 2.30. The van der Waals surface area contributed by atoms with Gasteiger partial charge in [0.2, 0.25) is 5.91 Å². The summed E-state index contributed by atoms with van der Waals surface area (Å²) < 4.78 is 10.7. The van der Waals surface area contributed by atoms with E-state index >= 15 is 0 Å². The van der Waals surface area contributed by atoms with Gasteiger partial charge in [-0.25, -0.2) is 9.78 Å². The first kappa shape index (κ1) is 20.6. The molecule has 1 amide bonds. The van der Waals surface area contributed by atoms with Crippen molar-refractivity contribution < 1.29 is 19.1 Å². The summed E-state index contributed by atoms with van der Waals surface area (Å²) in [6, 6.07) is 10.1. The molecule has 1 aliphatic rings. The highest BCUT2D eigenvalue weighted by atomic mass is 35.5. The summed E-state index contributed by atoms with van der Waals surface area (Å²) in [5, 5.41) is 0.482. The number of esters is 1. The maximum atomic E-state index is 12.8. The molecule has 6 nitrogen and oxygen atoms in total. The molecule has 0 N–H and O–H groups in total. The number of morpholine rings is 1. The summed E-state index contributed by atoms with van der Waals surface area (Å²) in [6.45, 7) is 4.21. The summed E-state index contributed by atoms with van der Waals surface area (Å²) in [5.41, 5.74) is 0.306. The van der Waals surface area contributed by atoms with E-state index in [4.69, 9.17) is 21.1 Å². The molecule has 1 aromatic heterocycles. The second-order valence-electron chi connectivity index (χ2n) is 6.13. The number of amides is 1. The first-order valence-electron chi connectivity index (χ1n) is 9.05. The highest BCUT2D eigenvalue weighted by Gasteiger charge is 2.27. The zero-order valence-electron chi connectivity index (χ0n) is 15.5. The van der Waals surface area contributed by atoms with Crippen molar-refractivity contribution in [2.75, 3.05) is 26.3 Å². The van der Waals surface area contributed by atoms with E-state index in [1.54, 1.807) is 47.5 Å². The van der Waals surface area contributed by atoms with Crippen LogP contribution in [0.5, 0.6) is 5.75 Å². The predicted octanol–water partition coefficient (Wildman–Crippen LogP) is 3.68. The zero-order valence-corrected chi connectivity index (χ0v) is 17.0. The molecular weight excluding hydrogens is 400 g/mol. The van der Waals surface area contributed by atoms with Gasteiger partial charge in [-0.3, -0.25) is 4.79 Å². The molecule has 0 radical (unpaired) electrons. The van der Waals surface area contributed by atoms with Crippen LogP contribution in [0.3, 0.4) is 0 Å². The number of halogens is 1. The second kappa shape index (κ2) is 9.91. The Hall–Kier alpha value is -2.09. The lowest BCUT2D eigenvalue weighted by atomic mass is 10.2. The normalized spacial score (nSPS) is 15.1. The zero-order chi connectivity index (χ0) is 19.9. The van der Waals surface area contributed by atoms with Gasteiger partial charge in [0.05, 0.1) is 29.0 Å². The van der Waals surface area contributed by atoms with Crippen molar-refractivity contribution in [2.24, 2.45) is 0 Å². The summed E-state index contributed by atoms with van der Waals surface area (Å²) >= 11 is 7.35. The molecule has 1 atom stereocenters. The molecule has 8 heteroatoms. The van der Waals surface area contributed by atoms with Gasteiger partial charge in [0.15, 0.2) is 0 Å². The number of pyridine rings is 1. The molecule has 1 aromatic carbocycles. The van der Waals surface area contributed by atoms with E-state index < -0.39 is 5.97 Å².